The van der Waals surface area contributed by atoms with Gasteiger partial charge in [-0.15, -0.1) is 0 Å². The van der Waals surface area contributed by atoms with E-state index in [1.165, 1.54) is 18.4 Å². The molecule has 11 heteroatoms. The normalized spacial score (nSPS) is 11.4. The molecule has 1 aromatic carbocycles. The second-order valence-electron chi connectivity index (χ2n) is 6.28. The Hall–Kier alpha value is -3.27. The zero-order valence-corrected chi connectivity index (χ0v) is 16.3. The van der Waals surface area contributed by atoms with Crippen molar-refractivity contribution in [3.63, 3.8) is 0 Å². The molecule has 2 amide bonds. The Morgan fingerprint density at radius 1 is 1.23 bits per heavy atom. The predicted octanol–water partition coefficient (Wildman–Crippen LogP) is 4.20. The van der Waals surface area contributed by atoms with Crippen LogP contribution in [0.3, 0.4) is 0 Å². The lowest BCUT2D eigenvalue weighted by Gasteiger charge is -2.13. The molecular weight excluding hydrogens is 425 g/mol. The maximum atomic E-state index is 13.1. The molecule has 0 radical (unpaired) electrons. The lowest BCUT2D eigenvalue weighted by molar-refractivity contribution is -0.137. The summed E-state index contributed by atoms with van der Waals surface area (Å²) in [6, 6.07) is 7.37. The molecule has 0 aliphatic carbocycles. The Bertz CT molecular complexity index is 1060. The van der Waals surface area contributed by atoms with Gasteiger partial charge < -0.3 is 15.1 Å². The van der Waals surface area contributed by atoms with Gasteiger partial charge in [0.05, 0.1) is 28.2 Å². The van der Waals surface area contributed by atoms with Crippen molar-refractivity contribution in [1.82, 2.24) is 15.1 Å². The Morgan fingerprint density at radius 2 is 2.00 bits per heavy atom. The van der Waals surface area contributed by atoms with E-state index in [1.807, 2.05) is 0 Å². The van der Waals surface area contributed by atoms with Gasteiger partial charge in [-0.05, 0) is 37.3 Å². The van der Waals surface area contributed by atoms with Gasteiger partial charge in [-0.3, -0.25) is 9.59 Å². The van der Waals surface area contributed by atoms with Crippen molar-refractivity contribution >= 4 is 29.2 Å². The molecule has 0 aliphatic rings. The summed E-state index contributed by atoms with van der Waals surface area (Å²) in [5, 5.41) is 9.26. The number of anilines is 1. The van der Waals surface area contributed by atoms with E-state index in [9.17, 15) is 22.8 Å². The number of nitrogens with one attached hydrogen (secondary N) is 2. The van der Waals surface area contributed by atoms with Crippen LogP contribution in [0.2, 0.25) is 5.02 Å². The van der Waals surface area contributed by atoms with E-state index in [2.05, 4.69) is 15.7 Å². The molecule has 0 spiro atoms. The molecule has 158 valence electrons. The quantitative estimate of drug-likeness (QED) is 0.601. The average Bonchev–Trinajstić information content (AvgIpc) is 3.31. The van der Waals surface area contributed by atoms with E-state index >= 15 is 0 Å². The molecule has 2 aromatic heterocycles. The minimum Gasteiger partial charge on any atom is -0.459 e. The van der Waals surface area contributed by atoms with Crippen LogP contribution < -0.4 is 10.6 Å². The van der Waals surface area contributed by atoms with E-state index in [0.29, 0.717) is 5.69 Å². The SMILES string of the molecule is Cc1cc(NC(=O)CCNC(=O)c2ccco2)n(-c2cc(C(F)(F)F)ccc2Cl)n1. The molecule has 2 N–H and O–H groups in total. The number of rotatable bonds is 6. The highest BCUT2D eigenvalue weighted by atomic mass is 35.5. The number of alkyl halides is 3. The third-order valence-electron chi connectivity index (χ3n) is 3.98. The lowest BCUT2D eigenvalue weighted by atomic mass is 10.2. The maximum absolute atomic E-state index is 13.1. The predicted molar refractivity (Wildman–Crippen MR) is 103 cm³/mol. The van der Waals surface area contributed by atoms with E-state index < -0.39 is 23.6 Å². The molecule has 0 aliphatic heterocycles. The molecular formula is C19H16ClF3N4O3. The van der Waals surface area contributed by atoms with Crippen LogP contribution in [0.4, 0.5) is 19.0 Å². The fraction of sp³-hybridized carbons (Fsp3) is 0.211. The third-order valence-corrected chi connectivity index (χ3v) is 4.30. The van der Waals surface area contributed by atoms with E-state index in [1.54, 1.807) is 13.0 Å². The number of aromatic nitrogens is 2. The number of hydrogen-bond donors (Lipinski definition) is 2. The van der Waals surface area contributed by atoms with E-state index in [0.717, 1.165) is 22.9 Å². The Morgan fingerprint density at radius 3 is 2.67 bits per heavy atom. The van der Waals surface area contributed by atoms with Gasteiger partial charge in [-0.25, -0.2) is 4.68 Å². The van der Waals surface area contributed by atoms with Gasteiger partial charge >= 0.3 is 6.18 Å². The van der Waals surface area contributed by atoms with Crippen molar-refractivity contribution in [2.75, 3.05) is 11.9 Å². The first-order valence-corrected chi connectivity index (χ1v) is 9.08. The van der Waals surface area contributed by atoms with Crippen LogP contribution in [0.15, 0.2) is 47.1 Å². The van der Waals surface area contributed by atoms with Crippen molar-refractivity contribution in [3.05, 3.63) is 64.7 Å². The van der Waals surface area contributed by atoms with E-state index in [-0.39, 0.29) is 35.3 Å². The van der Waals surface area contributed by atoms with Crippen molar-refractivity contribution in [2.45, 2.75) is 19.5 Å². The Kier molecular flexibility index (Phi) is 6.16. The van der Waals surface area contributed by atoms with Gasteiger partial charge in [0, 0.05) is 19.0 Å². The summed E-state index contributed by atoms with van der Waals surface area (Å²) in [6.07, 6.45) is -3.28. The average molecular weight is 441 g/mol. The van der Waals surface area contributed by atoms with Gasteiger partial charge in [0.1, 0.15) is 5.82 Å². The fourth-order valence-corrected chi connectivity index (χ4v) is 2.81. The highest BCUT2D eigenvalue weighted by molar-refractivity contribution is 6.32. The summed E-state index contributed by atoms with van der Waals surface area (Å²) in [4.78, 5) is 24.0. The Labute approximate surface area is 173 Å². The minimum atomic E-state index is -4.56. The molecule has 2 heterocycles. The first-order chi connectivity index (χ1) is 14.1. The number of halogens is 4. The highest BCUT2D eigenvalue weighted by Crippen LogP contribution is 2.34. The number of aryl methyl sites for hydroxylation is 1. The standard InChI is InChI=1S/C19H16ClF3N4O3/c1-11-9-16(25-17(28)6-7-24-18(29)15-3-2-8-30-15)27(26-11)14-10-12(19(21,22)23)4-5-13(14)20/h2-5,8-10H,6-7H2,1H3,(H,24,29)(H,25,28). The van der Waals surface area contributed by atoms with Gasteiger partial charge in [0.2, 0.25) is 5.91 Å². The van der Waals surface area contributed by atoms with Gasteiger partial charge in [0.25, 0.3) is 5.91 Å². The first-order valence-electron chi connectivity index (χ1n) is 8.70. The van der Waals surface area contributed by atoms with Gasteiger partial charge in [-0.1, -0.05) is 11.6 Å². The molecule has 0 unspecified atom stereocenters. The fourth-order valence-electron chi connectivity index (χ4n) is 2.61. The van der Waals surface area contributed by atoms with E-state index in [4.69, 9.17) is 16.0 Å². The van der Waals surface area contributed by atoms with Crippen LogP contribution in [0.1, 0.15) is 28.2 Å². The van der Waals surface area contributed by atoms with Crippen molar-refractivity contribution in [3.8, 4) is 5.69 Å². The van der Waals surface area contributed by atoms with Crippen LogP contribution in [-0.4, -0.2) is 28.1 Å². The highest BCUT2D eigenvalue weighted by Gasteiger charge is 2.31. The summed E-state index contributed by atoms with van der Waals surface area (Å²) in [7, 11) is 0. The monoisotopic (exact) mass is 440 g/mol. The van der Waals surface area contributed by atoms with Crippen LogP contribution in [0, 0.1) is 6.92 Å². The minimum absolute atomic E-state index is 0.0268. The van der Waals surface area contributed by atoms with Gasteiger partial charge in [0.15, 0.2) is 5.76 Å². The second-order valence-corrected chi connectivity index (χ2v) is 6.69. The smallest absolute Gasteiger partial charge is 0.416 e. The van der Waals surface area contributed by atoms with Crippen molar-refractivity contribution < 1.29 is 27.2 Å². The topological polar surface area (TPSA) is 89.2 Å². The number of amides is 2. The van der Waals surface area contributed by atoms with Gasteiger partial charge in [-0.2, -0.15) is 18.3 Å². The molecule has 0 fully saturated rings. The molecule has 3 aromatic rings. The molecule has 0 saturated heterocycles. The number of carbonyl (C=O) groups excluding carboxylic acids is 2. The lowest BCUT2D eigenvalue weighted by Crippen LogP contribution is -2.27. The van der Waals surface area contributed by atoms with Crippen LogP contribution in [0.5, 0.6) is 0 Å². The Balaban J connectivity index is 1.71. The zero-order valence-electron chi connectivity index (χ0n) is 15.6. The molecule has 0 bridgehead atoms. The molecule has 7 nitrogen and oxygen atoms in total. The number of carbonyl (C=O) groups is 2. The molecule has 0 atom stereocenters. The summed E-state index contributed by atoms with van der Waals surface area (Å²) in [5.41, 5.74) is -0.459. The number of benzene rings is 1. The summed E-state index contributed by atoms with van der Waals surface area (Å²) < 4.78 is 45.2. The molecule has 3 rings (SSSR count). The van der Waals surface area contributed by atoms with Crippen molar-refractivity contribution in [1.29, 1.82) is 0 Å². The summed E-state index contributed by atoms with van der Waals surface area (Å²) >= 11 is 6.07. The van der Waals surface area contributed by atoms with Crippen LogP contribution in [0.25, 0.3) is 5.69 Å². The number of nitrogens with zero attached hydrogens (tertiary/aromatic N) is 2. The number of hydrogen-bond acceptors (Lipinski definition) is 4. The largest absolute Gasteiger partial charge is 0.459 e. The third kappa shape index (κ3) is 5.01. The zero-order chi connectivity index (χ0) is 21.9. The van der Waals surface area contributed by atoms with Crippen LogP contribution >= 0.6 is 11.6 Å². The summed E-state index contributed by atoms with van der Waals surface area (Å²) in [5.74, 6) is -0.678. The molecule has 0 saturated carbocycles. The number of furan rings is 1. The van der Waals surface area contributed by atoms with Crippen LogP contribution in [-0.2, 0) is 11.0 Å². The maximum Gasteiger partial charge on any atom is 0.416 e. The second kappa shape index (κ2) is 8.62. The molecule has 30 heavy (non-hydrogen) atoms. The van der Waals surface area contributed by atoms with Crippen molar-refractivity contribution in [2.24, 2.45) is 0 Å². The first kappa shape index (κ1) is 21.4. The summed E-state index contributed by atoms with van der Waals surface area (Å²) in [6.45, 7) is 1.65.